The van der Waals surface area contributed by atoms with Gasteiger partial charge in [0.05, 0.1) is 11.9 Å². The maximum absolute atomic E-state index is 14.0. The number of carbonyl (C=O) groups is 1. The summed E-state index contributed by atoms with van der Waals surface area (Å²) in [6.07, 6.45) is 1.17. The lowest BCUT2D eigenvalue weighted by molar-refractivity contribution is 0.100. The molecule has 0 saturated heterocycles. The largest absolute Gasteiger partial charge is 0.370 e. The first-order chi connectivity index (χ1) is 11.1. The van der Waals surface area contributed by atoms with Gasteiger partial charge in [0.2, 0.25) is 0 Å². The maximum atomic E-state index is 14.0. The number of rotatable bonds is 2. The molecule has 0 saturated carbocycles. The van der Waals surface area contributed by atoms with E-state index in [1.165, 1.54) is 18.3 Å². The van der Waals surface area contributed by atoms with Crippen LogP contribution in [-0.4, -0.2) is 16.9 Å². The molecule has 0 radical (unpaired) electrons. The van der Waals surface area contributed by atoms with E-state index in [4.69, 9.17) is 11.5 Å². The summed E-state index contributed by atoms with van der Waals surface area (Å²) in [6, 6.07) is 13.9. The van der Waals surface area contributed by atoms with E-state index in [1.54, 1.807) is 6.07 Å². The summed E-state index contributed by atoms with van der Waals surface area (Å²) < 4.78 is 14.0. The highest BCUT2D eigenvalue weighted by Crippen LogP contribution is 2.29. The summed E-state index contributed by atoms with van der Waals surface area (Å²) in [7, 11) is 0. The number of guanidine groups is 1. The average Bonchev–Trinajstić information content (AvgIpc) is 2.55. The number of amides is 1. The normalized spacial score (nSPS) is 10.5. The minimum Gasteiger partial charge on any atom is -0.370 e. The van der Waals surface area contributed by atoms with E-state index in [9.17, 15) is 9.18 Å². The number of halogens is 1. The smallest absolute Gasteiger partial charge is 0.280 e. The van der Waals surface area contributed by atoms with Gasteiger partial charge in [-0.3, -0.25) is 9.78 Å². The van der Waals surface area contributed by atoms with Gasteiger partial charge in [-0.2, -0.15) is 4.99 Å². The third kappa shape index (κ3) is 2.87. The van der Waals surface area contributed by atoms with Crippen LogP contribution in [-0.2, 0) is 0 Å². The first-order valence-electron chi connectivity index (χ1n) is 6.84. The molecule has 0 unspecified atom stereocenters. The molecule has 1 amide bonds. The van der Waals surface area contributed by atoms with Crippen LogP contribution in [0.2, 0.25) is 0 Å². The lowest BCUT2D eigenvalue weighted by Crippen LogP contribution is -2.24. The van der Waals surface area contributed by atoms with Gasteiger partial charge in [0.15, 0.2) is 5.96 Å². The maximum Gasteiger partial charge on any atom is 0.280 e. The molecule has 2 aromatic carbocycles. The van der Waals surface area contributed by atoms with Crippen molar-refractivity contribution >= 4 is 22.6 Å². The average molecular weight is 308 g/mol. The van der Waals surface area contributed by atoms with Crippen molar-refractivity contribution in [2.75, 3.05) is 0 Å². The van der Waals surface area contributed by atoms with E-state index in [2.05, 4.69) is 9.98 Å². The van der Waals surface area contributed by atoms with Gasteiger partial charge in [-0.15, -0.1) is 0 Å². The molecule has 0 aliphatic carbocycles. The van der Waals surface area contributed by atoms with Crippen LogP contribution in [0, 0.1) is 5.82 Å². The Morgan fingerprint density at radius 2 is 1.78 bits per heavy atom. The van der Waals surface area contributed by atoms with Gasteiger partial charge in [0.25, 0.3) is 5.91 Å². The van der Waals surface area contributed by atoms with Gasteiger partial charge in [-0.1, -0.05) is 36.4 Å². The molecule has 0 bridgehead atoms. The topological polar surface area (TPSA) is 94.4 Å². The number of pyridine rings is 1. The highest BCUT2D eigenvalue weighted by molar-refractivity contribution is 6.06. The number of carbonyl (C=O) groups excluding carboxylic acids is 1. The Kier molecular flexibility index (Phi) is 3.72. The Hall–Kier alpha value is -3.28. The zero-order valence-corrected chi connectivity index (χ0v) is 12.0. The zero-order chi connectivity index (χ0) is 16.4. The molecule has 0 aliphatic rings. The van der Waals surface area contributed by atoms with Crippen LogP contribution >= 0.6 is 0 Å². The van der Waals surface area contributed by atoms with Crippen molar-refractivity contribution in [2.24, 2.45) is 16.5 Å². The van der Waals surface area contributed by atoms with Crippen molar-refractivity contribution in [1.82, 2.24) is 4.98 Å². The summed E-state index contributed by atoms with van der Waals surface area (Å²) in [6.45, 7) is 0. The molecule has 1 heterocycles. The second kappa shape index (κ2) is 5.84. The predicted octanol–water partition coefficient (Wildman–Crippen LogP) is 2.45. The Morgan fingerprint density at radius 1 is 1.04 bits per heavy atom. The molecule has 3 rings (SSSR count). The van der Waals surface area contributed by atoms with Gasteiger partial charge in [0.1, 0.15) is 5.82 Å². The second-order valence-corrected chi connectivity index (χ2v) is 4.92. The molecule has 1 aromatic heterocycles. The molecule has 0 atom stereocenters. The van der Waals surface area contributed by atoms with E-state index in [0.29, 0.717) is 16.5 Å². The number of fused-ring (bicyclic) bond motifs is 1. The SMILES string of the molecule is NC(N)=NC(=O)c1ccc2c(F)cnc(-c3ccccc3)c2c1. The fourth-order valence-corrected chi connectivity index (χ4v) is 2.35. The molecule has 0 aliphatic heterocycles. The van der Waals surface area contributed by atoms with Crippen LogP contribution in [0.15, 0.2) is 59.7 Å². The molecular formula is C17H13FN4O. The third-order valence-corrected chi connectivity index (χ3v) is 3.36. The molecule has 0 fully saturated rings. The van der Waals surface area contributed by atoms with Crippen molar-refractivity contribution in [3.05, 3.63) is 66.1 Å². The number of hydrogen-bond acceptors (Lipinski definition) is 2. The Balaban J connectivity index is 2.24. The minimum absolute atomic E-state index is 0.260. The molecule has 0 spiro atoms. The molecule has 23 heavy (non-hydrogen) atoms. The van der Waals surface area contributed by atoms with Crippen molar-refractivity contribution < 1.29 is 9.18 Å². The number of nitrogens with zero attached hydrogens (tertiary/aromatic N) is 2. The standard InChI is InChI=1S/C17H13FN4O/c18-14-9-21-15(10-4-2-1-3-5-10)13-8-11(6-7-12(13)14)16(23)22-17(19)20/h1-9H,(H4,19,20,22,23). The monoisotopic (exact) mass is 308 g/mol. The third-order valence-electron chi connectivity index (χ3n) is 3.36. The van der Waals surface area contributed by atoms with Crippen LogP contribution in [0.25, 0.3) is 22.0 Å². The van der Waals surface area contributed by atoms with E-state index in [-0.39, 0.29) is 11.5 Å². The van der Waals surface area contributed by atoms with Crippen LogP contribution in [0.5, 0.6) is 0 Å². The van der Waals surface area contributed by atoms with Gasteiger partial charge in [-0.05, 0) is 12.1 Å². The lowest BCUT2D eigenvalue weighted by atomic mass is 10.0. The lowest BCUT2D eigenvalue weighted by Gasteiger charge is -2.08. The van der Waals surface area contributed by atoms with Crippen molar-refractivity contribution in [2.45, 2.75) is 0 Å². The first-order valence-corrected chi connectivity index (χ1v) is 6.84. The molecule has 3 aromatic rings. The molecule has 114 valence electrons. The highest BCUT2D eigenvalue weighted by atomic mass is 19.1. The van der Waals surface area contributed by atoms with Crippen LogP contribution in [0.4, 0.5) is 4.39 Å². The fourth-order valence-electron chi connectivity index (χ4n) is 2.35. The van der Waals surface area contributed by atoms with Crippen molar-refractivity contribution in [1.29, 1.82) is 0 Å². The van der Waals surface area contributed by atoms with E-state index in [0.717, 1.165) is 5.56 Å². The van der Waals surface area contributed by atoms with Gasteiger partial charge >= 0.3 is 0 Å². The highest BCUT2D eigenvalue weighted by Gasteiger charge is 2.13. The zero-order valence-electron chi connectivity index (χ0n) is 12.0. The van der Waals surface area contributed by atoms with Gasteiger partial charge < -0.3 is 11.5 Å². The van der Waals surface area contributed by atoms with Gasteiger partial charge in [0, 0.05) is 21.9 Å². The number of benzene rings is 2. The predicted molar refractivity (Wildman–Crippen MR) is 87.3 cm³/mol. The summed E-state index contributed by atoms with van der Waals surface area (Å²) >= 11 is 0. The minimum atomic E-state index is -0.588. The molecule has 4 N–H and O–H groups in total. The van der Waals surface area contributed by atoms with E-state index < -0.39 is 11.7 Å². The number of nitrogens with two attached hydrogens (primary N) is 2. The van der Waals surface area contributed by atoms with Crippen molar-refractivity contribution in [3.8, 4) is 11.3 Å². The second-order valence-electron chi connectivity index (χ2n) is 4.92. The van der Waals surface area contributed by atoms with Crippen molar-refractivity contribution in [3.63, 3.8) is 0 Å². The van der Waals surface area contributed by atoms with Gasteiger partial charge in [-0.25, -0.2) is 4.39 Å². The molecular weight excluding hydrogens is 295 g/mol. The fraction of sp³-hybridized carbons (Fsp3) is 0. The summed E-state index contributed by atoms with van der Waals surface area (Å²) in [5, 5.41) is 0.896. The quantitative estimate of drug-likeness (QED) is 0.561. The summed E-state index contributed by atoms with van der Waals surface area (Å²) in [5.74, 6) is -1.37. The Morgan fingerprint density at radius 3 is 2.48 bits per heavy atom. The Bertz CT molecular complexity index is 919. The molecule has 5 nitrogen and oxygen atoms in total. The van der Waals surface area contributed by atoms with E-state index >= 15 is 0 Å². The first kappa shape index (κ1) is 14.6. The summed E-state index contributed by atoms with van der Waals surface area (Å²) in [4.78, 5) is 19.6. The Labute approximate surface area is 131 Å². The van der Waals surface area contributed by atoms with Crippen LogP contribution < -0.4 is 11.5 Å². The number of hydrogen-bond donors (Lipinski definition) is 2. The van der Waals surface area contributed by atoms with E-state index in [1.807, 2.05) is 30.3 Å². The molecule has 6 heteroatoms. The number of aliphatic imine (C=N–C) groups is 1. The number of aromatic nitrogens is 1. The summed E-state index contributed by atoms with van der Waals surface area (Å²) in [5.41, 5.74) is 12.1. The van der Waals surface area contributed by atoms with Crippen LogP contribution in [0.3, 0.4) is 0 Å². The van der Waals surface area contributed by atoms with Crippen LogP contribution in [0.1, 0.15) is 10.4 Å².